The Morgan fingerprint density at radius 3 is 2.80 bits per heavy atom. The van der Waals surface area contributed by atoms with Crippen LogP contribution in [0.2, 0.25) is 5.02 Å². The number of alkyl halides is 1. The molecule has 0 saturated carbocycles. The van der Waals surface area contributed by atoms with Gasteiger partial charge in [0, 0.05) is 4.47 Å². The highest BCUT2D eigenvalue weighted by molar-refractivity contribution is 9.10. The smallest absolute Gasteiger partial charge is 0.129 e. The molecular weight excluding hydrogens is 359 g/mol. The summed E-state index contributed by atoms with van der Waals surface area (Å²) < 4.78 is 3.08. The Bertz CT molecular complexity index is 796. The zero-order valence-corrected chi connectivity index (χ0v) is 13.8. The van der Waals surface area contributed by atoms with Gasteiger partial charge in [-0.2, -0.15) is 0 Å². The van der Waals surface area contributed by atoms with Crippen molar-refractivity contribution in [3.63, 3.8) is 0 Å². The maximum absolute atomic E-state index is 6.23. The molecule has 1 aromatic heterocycles. The summed E-state index contributed by atoms with van der Waals surface area (Å²) in [7, 11) is 0. The van der Waals surface area contributed by atoms with E-state index in [9.17, 15) is 0 Å². The zero-order chi connectivity index (χ0) is 14.3. The average molecular weight is 370 g/mol. The van der Waals surface area contributed by atoms with Crippen LogP contribution in [0.3, 0.4) is 0 Å². The van der Waals surface area contributed by atoms with Crippen LogP contribution in [0.1, 0.15) is 11.4 Å². The molecule has 0 radical (unpaired) electrons. The van der Waals surface area contributed by atoms with E-state index in [4.69, 9.17) is 23.2 Å². The lowest BCUT2D eigenvalue weighted by Gasteiger charge is -2.11. The molecule has 0 saturated heterocycles. The Morgan fingerprint density at radius 2 is 2.05 bits per heavy atom. The molecule has 0 aliphatic rings. The van der Waals surface area contributed by atoms with Crippen LogP contribution in [0, 0.1) is 6.92 Å². The topological polar surface area (TPSA) is 17.8 Å². The fourth-order valence-electron chi connectivity index (χ4n) is 2.30. The largest absolute Gasteiger partial charge is 0.295 e. The number of fused-ring (bicyclic) bond motifs is 1. The minimum Gasteiger partial charge on any atom is -0.295 e. The van der Waals surface area contributed by atoms with Gasteiger partial charge in [-0.05, 0) is 36.8 Å². The van der Waals surface area contributed by atoms with Crippen molar-refractivity contribution in [1.82, 2.24) is 9.55 Å². The second-order valence-corrected chi connectivity index (χ2v) is 6.13. The third-order valence-corrected chi connectivity index (χ3v) is 4.27. The predicted molar refractivity (Wildman–Crippen MR) is 88.1 cm³/mol. The van der Waals surface area contributed by atoms with Gasteiger partial charge in [-0.1, -0.05) is 39.7 Å². The molecule has 2 aromatic carbocycles. The van der Waals surface area contributed by atoms with Crippen LogP contribution in [0.4, 0.5) is 0 Å². The van der Waals surface area contributed by atoms with Crippen LogP contribution < -0.4 is 0 Å². The highest BCUT2D eigenvalue weighted by Gasteiger charge is 2.15. The first kappa shape index (κ1) is 13.9. The van der Waals surface area contributed by atoms with Gasteiger partial charge in [0.05, 0.1) is 22.1 Å². The van der Waals surface area contributed by atoms with Gasteiger partial charge in [0.25, 0.3) is 0 Å². The van der Waals surface area contributed by atoms with E-state index < -0.39 is 0 Å². The molecule has 0 spiro atoms. The standard InChI is InChI=1S/C15H11BrCl2N2/c1-9-5-6-10(16)7-13(9)20-12-4-2-3-11(18)15(12)19-14(20)8-17/h2-7H,8H2,1H3. The lowest BCUT2D eigenvalue weighted by Crippen LogP contribution is -2.01. The minimum atomic E-state index is 0.330. The molecule has 0 atom stereocenters. The fourth-order valence-corrected chi connectivity index (χ4v) is 3.04. The summed E-state index contributed by atoms with van der Waals surface area (Å²) in [6.07, 6.45) is 0. The zero-order valence-electron chi connectivity index (χ0n) is 10.7. The predicted octanol–water partition coefficient (Wildman–Crippen LogP) is 5.49. The Kier molecular flexibility index (Phi) is 3.76. The average Bonchev–Trinajstić information content (AvgIpc) is 2.81. The van der Waals surface area contributed by atoms with Crippen molar-refractivity contribution < 1.29 is 0 Å². The second kappa shape index (κ2) is 5.40. The summed E-state index contributed by atoms with van der Waals surface area (Å²) in [5.41, 5.74) is 3.96. The molecule has 0 unspecified atom stereocenters. The van der Waals surface area contributed by atoms with Gasteiger partial charge >= 0.3 is 0 Å². The number of rotatable bonds is 2. The van der Waals surface area contributed by atoms with Gasteiger partial charge in [0.1, 0.15) is 11.3 Å². The number of para-hydroxylation sites is 1. The minimum absolute atomic E-state index is 0.330. The highest BCUT2D eigenvalue weighted by Crippen LogP contribution is 2.30. The Hall–Kier alpha value is -1.03. The number of hydrogen-bond acceptors (Lipinski definition) is 1. The van der Waals surface area contributed by atoms with E-state index in [1.165, 1.54) is 0 Å². The van der Waals surface area contributed by atoms with Gasteiger partial charge in [0.15, 0.2) is 0 Å². The van der Waals surface area contributed by atoms with Gasteiger partial charge in [-0.25, -0.2) is 4.98 Å². The van der Waals surface area contributed by atoms with E-state index in [1.54, 1.807) is 0 Å². The van der Waals surface area contributed by atoms with E-state index in [0.29, 0.717) is 10.9 Å². The molecule has 0 amide bonds. The summed E-state index contributed by atoms with van der Waals surface area (Å²) in [5.74, 6) is 1.12. The van der Waals surface area contributed by atoms with E-state index in [2.05, 4.69) is 44.5 Å². The normalized spacial score (nSPS) is 11.2. The van der Waals surface area contributed by atoms with Crippen LogP contribution in [0.5, 0.6) is 0 Å². The van der Waals surface area contributed by atoms with Crippen molar-refractivity contribution in [2.24, 2.45) is 0 Å². The van der Waals surface area contributed by atoms with Crippen molar-refractivity contribution >= 4 is 50.2 Å². The Labute approximate surface area is 135 Å². The molecular formula is C15H11BrCl2N2. The lowest BCUT2D eigenvalue weighted by atomic mass is 10.2. The van der Waals surface area contributed by atoms with E-state index in [-0.39, 0.29) is 0 Å². The summed E-state index contributed by atoms with van der Waals surface area (Å²) in [6.45, 7) is 2.07. The molecule has 0 aliphatic carbocycles. The molecule has 3 aromatic rings. The Balaban J connectivity index is 2.40. The maximum atomic E-state index is 6.23. The van der Waals surface area contributed by atoms with Gasteiger partial charge in [-0.15, -0.1) is 11.6 Å². The number of aromatic nitrogens is 2. The molecule has 0 aliphatic heterocycles. The highest BCUT2D eigenvalue weighted by atomic mass is 79.9. The molecule has 0 bridgehead atoms. The molecule has 0 N–H and O–H groups in total. The fraction of sp³-hybridized carbons (Fsp3) is 0.133. The lowest BCUT2D eigenvalue weighted by molar-refractivity contribution is 0.971. The number of nitrogens with zero attached hydrogens (tertiary/aromatic N) is 2. The number of benzene rings is 2. The summed E-state index contributed by atoms with van der Waals surface area (Å²) >= 11 is 15.8. The van der Waals surface area contributed by atoms with Crippen LogP contribution in [0.15, 0.2) is 40.9 Å². The van der Waals surface area contributed by atoms with Crippen LogP contribution in [-0.2, 0) is 5.88 Å². The van der Waals surface area contributed by atoms with Crippen molar-refractivity contribution in [1.29, 1.82) is 0 Å². The van der Waals surface area contributed by atoms with E-state index in [0.717, 1.165) is 32.6 Å². The van der Waals surface area contributed by atoms with Gasteiger partial charge < -0.3 is 0 Å². The summed E-state index contributed by atoms with van der Waals surface area (Å²) in [4.78, 5) is 4.56. The number of aryl methyl sites for hydroxylation is 1. The molecule has 1 heterocycles. The van der Waals surface area contributed by atoms with E-state index >= 15 is 0 Å². The summed E-state index contributed by atoms with van der Waals surface area (Å²) in [5, 5.41) is 0.639. The monoisotopic (exact) mass is 368 g/mol. The number of halogens is 3. The molecule has 102 valence electrons. The third-order valence-electron chi connectivity index (χ3n) is 3.24. The van der Waals surface area contributed by atoms with Gasteiger partial charge in [-0.3, -0.25) is 4.57 Å². The Morgan fingerprint density at radius 1 is 1.25 bits per heavy atom. The van der Waals surface area contributed by atoms with Crippen LogP contribution >= 0.6 is 39.1 Å². The maximum Gasteiger partial charge on any atom is 0.129 e. The SMILES string of the molecule is Cc1ccc(Br)cc1-n1c(CCl)nc2c(Cl)cccc21. The molecule has 5 heteroatoms. The first-order valence-corrected chi connectivity index (χ1v) is 7.80. The molecule has 2 nitrogen and oxygen atoms in total. The number of hydrogen-bond donors (Lipinski definition) is 0. The third kappa shape index (κ3) is 2.24. The van der Waals surface area contributed by atoms with E-state index in [1.807, 2.05) is 24.3 Å². The first-order valence-electron chi connectivity index (χ1n) is 6.10. The second-order valence-electron chi connectivity index (χ2n) is 4.54. The first-order chi connectivity index (χ1) is 9.61. The molecule has 20 heavy (non-hydrogen) atoms. The number of imidazole rings is 1. The van der Waals surface area contributed by atoms with Crippen molar-refractivity contribution in [2.45, 2.75) is 12.8 Å². The molecule has 0 fully saturated rings. The van der Waals surface area contributed by atoms with Gasteiger partial charge in [0.2, 0.25) is 0 Å². The summed E-state index contributed by atoms with van der Waals surface area (Å²) in [6, 6.07) is 11.9. The van der Waals surface area contributed by atoms with Crippen LogP contribution in [0.25, 0.3) is 16.7 Å². The molecule has 3 rings (SSSR count). The van der Waals surface area contributed by atoms with Crippen molar-refractivity contribution in [3.05, 3.63) is 57.3 Å². The van der Waals surface area contributed by atoms with Crippen LogP contribution in [-0.4, -0.2) is 9.55 Å². The van der Waals surface area contributed by atoms with Crippen molar-refractivity contribution in [2.75, 3.05) is 0 Å². The quantitative estimate of drug-likeness (QED) is 0.546. The van der Waals surface area contributed by atoms with Crippen molar-refractivity contribution in [3.8, 4) is 5.69 Å².